The molecule has 0 saturated heterocycles. The number of hydrogen-bond donors (Lipinski definition) is 1. The summed E-state index contributed by atoms with van der Waals surface area (Å²) < 4.78 is 27.7. The molecule has 1 aromatic heterocycles. The molecule has 0 aliphatic carbocycles. The average Bonchev–Trinajstić information content (AvgIpc) is 2.44. The van der Waals surface area contributed by atoms with Crippen LogP contribution < -0.4 is 5.32 Å². The Morgan fingerprint density at radius 1 is 1.19 bits per heavy atom. The number of hydrogen-bond acceptors (Lipinski definition) is 2. The van der Waals surface area contributed by atoms with E-state index >= 15 is 0 Å². The molecule has 2 rings (SSSR count). The van der Waals surface area contributed by atoms with Gasteiger partial charge in [0.25, 0.3) is 0 Å². The topological polar surface area (TPSA) is 24.9 Å². The molecule has 1 unspecified atom stereocenters. The molecule has 1 heterocycles. The minimum absolute atomic E-state index is 0.163. The Morgan fingerprint density at radius 3 is 2.48 bits per heavy atom. The van der Waals surface area contributed by atoms with Gasteiger partial charge in [-0.05, 0) is 58.7 Å². The van der Waals surface area contributed by atoms with Gasteiger partial charge >= 0.3 is 0 Å². The second kappa shape index (κ2) is 7.61. The smallest absolute Gasteiger partial charge is 0.126 e. The van der Waals surface area contributed by atoms with E-state index in [0.29, 0.717) is 12.0 Å². The summed E-state index contributed by atoms with van der Waals surface area (Å²) in [6, 6.07) is 7.28. The third kappa shape index (κ3) is 4.86. The fourth-order valence-electron chi connectivity index (χ4n) is 2.14. The second-order valence-electron chi connectivity index (χ2n) is 4.88. The maximum atomic E-state index is 13.4. The van der Waals surface area contributed by atoms with E-state index in [-0.39, 0.29) is 6.04 Å². The SMILES string of the molecule is CCCNC(Cc1ccc(Br)cn1)c1cc(F)cc(F)c1. The zero-order valence-corrected chi connectivity index (χ0v) is 13.3. The van der Waals surface area contributed by atoms with Gasteiger partial charge in [0, 0.05) is 34.9 Å². The first-order chi connectivity index (χ1) is 10.1. The van der Waals surface area contributed by atoms with Crippen LogP contribution in [0.4, 0.5) is 8.78 Å². The highest BCUT2D eigenvalue weighted by atomic mass is 79.9. The molecule has 0 aliphatic rings. The van der Waals surface area contributed by atoms with Crippen molar-refractivity contribution in [2.75, 3.05) is 6.54 Å². The lowest BCUT2D eigenvalue weighted by atomic mass is 10.0. The Hall–Kier alpha value is -1.33. The van der Waals surface area contributed by atoms with Gasteiger partial charge in [0.05, 0.1) is 0 Å². The molecule has 1 atom stereocenters. The van der Waals surface area contributed by atoms with Gasteiger partial charge in [-0.1, -0.05) is 6.92 Å². The van der Waals surface area contributed by atoms with Crippen molar-refractivity contribution in [3.05, 3.63) is 63.9 Å². The zero-order chi connectivity index (χ0) is 15.2. The van der Waals surface area contributed by atoms with Crippen molar-refractivity contribution in [1.29, 1.82) is 0 Å². The van der Waals surface area contributed by atoms with Gasteiger partial charge in [0.15, 0.2) is 0 Å². The van der Waals surface area contributed by atoms with Gasteiger partial charge in [-0.15, -0.1) is 0 Å². The van der Waals surface area contributed by atoms with Gasteiger partial charge in [-0.25, -0.2) is 8.78 Å². The van der Waals surface area contributed by atoms with E-state index in [0.717, 1.165) is 29.2 Å². The Morgan fingerprint density at radius 2 is 1.90 bits per heavy atom. The van der Waals surface area contributed by atoms with Crippen LogP contribution in [0.5, 0.6) is 0 Å². The van der Waals surface area contributed by atoms with Gasteiger partial charge in [-0.2, -0.15) is 0 Å². The van der Waals surface area contributed by atoms with Crippen LogP contribution in [0.1, 0.15) is 30.6 Å². The Kier molecular flexibility index (Phi) is 5.82. The monoisotopic (exact) mass is 354 g/mol. The lowest BCUT2D eigenvalue weighted by Crippen LogP contribution is -2.24. The predicted octanol–water partition coefficient (Wildman–Crippen LogP) is 4.41. The van der Waals surface area contributed by atoms with Gasteiger partial charge in [0.1, 0.15) is 11.6 Å². The van der Waals surface area contributed by atoms with Crippen LogP contribution in [-0.4, -0.2) is 11.5 Å². The number of pyridine rings is 1. The highest BCUT2D eigenvalue weighted by molar-refractivity contribution is 9.10. The van der Waals surface area contributed by atoms with E-state index in [1.165, 1.54) is 12.1 Å². The molecule has 0 amide bonds. The molecule has 0 aliphatic heterocycles. The maximum Gasteiger partial charge on any atom is 0.126 e. The number of halogens is 3. The minimum atomic E-state index is -0.558. The Balaban J connectivity index is 2.22. The zero-order valence-electron chi connectivity index (χ0n) is 11.7. The molecular weight excluding hydrogens is 338 g/mol. The number of rotatable bonds is 6. The fraction of sp³-hybridized carbons (Fsp3) is 0.312. The van der Waals surface area contributed by atoms with Crippen LogP contribution in [-0.2, 0) is 6.42 Å². The van der Waals surface area contributed by atoms with Crippen molar-refractivity contribution in [3.8, 4) is 0 Å². The molecule has 1 aromatic carbocycles. The highest BCUT2D eigenvalue weighted by Gasteiger charge is 2.14. The molecule has 2 nitrogen and oxygen atoms in total. The Bertz CT molecular complexity index is 567. The van der Waals surface area contributed by atoms with Gasteiger partial charge in [0.2, 0.25) is 0 Å². The van der Waals surface area contributed by atoms with E-state index in [1.807, 2.05) is 19.1 Å². The van der Waals surface area contributed by atoms with Crippen molar-refractivity contribution < 1.29 is 8.78 Å². The van der Waals surface area contributed by atoms with Crippen LogP contribution >= 0.6 is 15.9 Å². The van der Waals surface area contributed by atoms with Crippen molar-refractivity contribution >= 4 is 15.9 Å². The quantitative estimate of drug-likeness (QED) is 0.831. The fourth-order valence-corrected chi connectivity index (χ4v) is 2.37. The van der Waals surface area contributed by atoms with Crippen LogP contribution in [0, 0.1) is 11.6 Å². The summed E-state index contributed by atoms with van der Waals surface area (Å²) in [6.45, 7) is 2.83. The first kappa shape index (κ1) is 16.0. The average molecular weight is 355 g/mol. The predicted molar refractivity (Wildman–Crippen MR) is 83.0 cm³/mol. The molecule has 0 fully saturated rings. The van der Waals surface area contributed by atoms with Crippen LogP contribution in [0.3, 0.4) is 0 Å². The first-order valence-corrected chi connectivity index (χ1v) is 7.67. The summed E-state index contributed by atoms with van der Waals surface area (Å²) in [6.07, 6.45) is 3.25. The molecule has 0 radical (unpaired) electrons. The summed E-state index contributed by atoms with van der Waals surface area (Å²) in [5, 5.41) is 3.32. The summed E-state index contributed by atoms with van der Waals surface area (Å²) in [5.41, 5.74) is 1.47. The lowest BCUT2D eigenvalue weighted by Gasteiger charge is -2.19. The largest absolute Gasteiger partial charge is 0.310 e. The standard InChI is InChI=1S/C16H17BrF2N2/c1-2-5-20-16(9-15-4-3-12(17)10-21-15)11-6-13(18)8-14(19)7-11/h3-4,6-8,10,16,20H,2,5,9H2,1H3. The van der Waals surface area contributed by atoms with Crippen molar-refractivity contribution in [3.63, 3.8) is 0 Å². The van der Waals surface area contributed by atoms with Gasteiger partial charge in [-0.3, -0.25) is 4.98 Å². The summed E-state index contributed by atoms with van der Waals surface area (Å²) in [7, 11) is 0. The molecular formula is C16H17BrF2N2. The van der Waals surface area contributed by atoms with E-state index in [1.54, 1.807) is 6.20 Å². The molecule has 0 saturated carbocycles. The molecule has 2 aromatic rings. The highest BCUT2D eigenvalue weighted by Crippen LogP contribution is 2.21. The minimum Gasteiger partial charge on any atom is -0.310 e. The third-order valence-electron chi connectivity index (χ3n) is 3.13. The normalized spacial score (nSPS) is 12.4. The van der Waals surface area contributed by atoms with E-state index in [4.69, 9.17) is 0 Å². The van der Waals surface area contributed by atoms with Crippen LogP contribution in [0.25, 0.3) is 0 Å². The van der Waals surface area contributed by atoms with E-state index < -0.39 is 11.6 Å². The molecule has 0 bridgehead atoms. The number of nitrogens with one attached hydrogen (secondary N) is 1. The molecule has 5 heteroatoms. The second-order valence-corrected chi connectivity index (χ2v) is 5.80. The maximum absolute atomic E-state index is 13.4. The molecule has 1 N–H and O–H groups in total. The first-order valence-electron chi connectivity index (χ1n) is 6.88. The van der Waals surface area contributed by atoms with Crippen LogP contribution in [0.15, 0.2) is 41.0 Å². The molecule has 0 spiro atoms. The number of nitrogens with zero attached hydrogens (tertiary/aromatic N) is 1. The third-order valence-corrected chi connectivity index (χ3v) is 3.60. The lowest BCUT2D eigenvalue weighted by molar-refractivity contribution is 0.511. The number of benzene rings is 1. The van der Waals surface area contributed by atoms with Crippen molar-refractivity contribution in [1.82, 2.24) is 10.3 Å². The summed E-state index contributed by atoms with van der Waals surface area (Å²) >= 11 is 3.34. The van der Waals surface area contributed by atoms with Gasteiger partial charge < -0.3 is 5.32 Å². The van der Waals surface area contributed by atoms with Crippen molar-refractivity contribution in [2.24, 2.45) is 0 Å². The summed E-state index contributed by atoms with van der Waals surface area (Å²) in [4.78, 5) is 4.32. The van der Waals surface area contributed by atoms with E-state index in [9.17, 15) is 8.78 Å². The van der Waals surface area contributed by atoms with E-state index in [2.05, 4.69) is 26.2 Å². The Labute approximate surface area is 131 Å². The summed E-state index contributed by atoms with van der Waals surface area (Å²) in [5.74, 6) is -1.12. The van der Waals surface area contributed by atoms with Crippen molar-refractivity contribution in [2.45, 2.75) is 25.8 Å². The molecule has 112 valence electrons. The van der Waals surface area contributed by atoms with Crippen LogP contribution in [0.2, 0.25) is 0 Å². The number of aromatic nitrogens is 1. The molecule has 21 heavy (non-hydrogen) atoms.